The van der Waals surface area contributed by atoms with Crippen molar-refractivity contribution in [3.05, 3.63) is 58.4 Å². The molecule has 2 rings (SSSR count). The summed E-state index contributed by atoms with van der Waals surface area (Å²) in [5, 5.41) is 0.613. The number of methoxy groups -OCH3 is 1. The van der Waals surface area contributed by atoms with Crippen LogP contribution in [0.3, 0.4) is 0 Å². The zero-order valence-corrected chi connectivity index (χ0v) is 12.2. The number of ether oxygens (including phenoxy) is 1. The van der Waals surface area contributed by atoms with E-state index in [1.807, 2.05) is 31.2 Å². The number of benzene rings is 1. The molecule has 20 heavy (non-hydrogen) atoms. The van der Waals surface area contributed by atoms with E-state index in [1.165, 1.54) is 0 Å². The fraction of sp³-hybridized carbons (Fsp3) is 0.250. The second kappa shape index (κ2) is 6.53. The molecule has 0 bridgehead atoms. The predicted molar refractivity (Wildman–Crippen MR) is 79.5 cm³/mol. The third-order valence-electron chi connectivity index (χ3n) is 3.21. The summed E-state index contributed by atoms with van der Waals surface area (Å²) in [5.74, 6) is 0.490. The molecule has 0 saturated heterocycles. The molecule has 1 aromatic carbocycles. The molecule has 0 aliphatic rings. The highest BCUT2D eigenvalue weighted by Crippen LogP contribution is 2.27. The van der Waals surface area contributed by atoms with Gasteiger partial charge in [0.05, 0.1) is 7.11 Å². The van der Waals surface area contributed by atoms with Gasteiger partial charge in [-0.25, -0.2) is 0 Å². The van der Waals surface area contributed by atoms with Crippen molar-refractivity contribution in [1.29, 1.82) is 0 Å². The normalized spacial score (nSPS) is 11.9. The van der Waals surface area contributed by atoms with Crippen LogP contribution in [0.5, 0.6) is 5.75 Å². The minimum absolute atomic E-state index is 0.220. The monoisotopic (exact) mass is 289 g/mol. The van der Waals surface area contributed by atoms with Crippen LogP contribution in [0.4, 0.5) is 0 Å². The van der Waals surface area contributed by atoms with E-state index in [-0.39, 0.29) is 5.92 Å². The van der Waals surface area contributed by atoms with Crippen LogP contribution in [0.2, 0.25) is 5.02 Å². The van der Waals surface area contributed by atoms with Gasteiger partial charge >= 0.3 is 0 Å². The van der Waals surface area contributed by atoms with Crippen LogP contribution in [0, 0.1) is 6.92 Å². The number of hydrogen-bond acceptors (Lipinski definition) is 3. The van der Waals surface area contributed by atoms with E-state index in [4.69, 9.17) is 16.3 Å². The van der Waals surface area contributed by atoms with Crippen LogP contribution in [0.1, 0.15) is 22.7 Å². The van der Waals surface area contributed by atoms with Crippen molar-refractivity contribution in [2.45, 2.75) is 19.3 Å². The molecule has 0 saturated carbocycles. The number of rotatable bonds is 5. The maximum Gasteiger partial charge on any atom is 0.127 e. The first kappa shape index (κ1) is 14.5. The van der Waals surface area contributed by atoms with Gasteiger partial charge in [0.2, 0.25) is 0 Å². The summed E-state index contributed by atoms with van der Waals surface area (Å²) in [6.07, 6.45) is 3.24. The van der Waals surface area contributed by atoms with Crippen LogP contribution in [0.25, 0.3) is 0 Å². The summed E-state index contributed by atoms with van der Waals surface area (Å²) in [4.78, 5) is 15.5. The minimum atomic E-state index is -0.220. The molecule has 0 radical (unpaired) electrons. The second-order valence-electron chi connectivity index (χ2n) is 4.63. The van der Waals surface area contributed by atoms with Gasteiger partial charge in [-0.05, 0) is 48.7 Å². The van der Waals surface area contributed by atoms with Crippen molar-refractivity contribution in [3.8, 4) is 5.75 Å². The van der Waals surface area contributed by atoms with Gasteiger partial charge in [0.25, 0.3) is 0 Å². The number of hydrogen-bond donors (Lipinski definition) is 0. The molecule has 0 N–H and O–H groups in total. The standard InChI is InChI=1S/C16H16ClNO2/c1-11-7-12(5-6-18-11)14(10-19)8-13-3-4-15(20-2)9-16(13)17/h3-7,9-10,14H,8H2,1-2H3. The molecule has 4 heteroatoms. The van der Waals surface area contributed by atoms with Crippen LogP contribution in [0.15, 0.2) is 36.5 Å². The Balaban J connectivity index is 2.24. The van der Waals surface area contributed by atoms with Gasteiger partial charge in [-0.3, -0.25) is 4.98 Å². The SMILES string of the molecule is COc1ccc(CC(C=O)c2ccnc(C)c2)c(Cl)c1. The van der Waals surface area contributed by atoms with Crippen molar-refractivity contribution in [2.24, 2.45) is 0 Å². The lowest BCUT2D eigenvalue weighted by Gasteiger charge is -2.13. The summed E-state index contributed by atoms with van der Waals surface area (Å²) in [5.41, 5.74) is 2.79. The van der Waals surface area contributed by atoms with E-state index in [0.717, 1.165) is 23.1 Å². The van der Waals surface area contributed by atoms with E-state index in [0.29, 0.717) is 17.2 Å². The van der Waals surface area contributed by atoms with Crippen molar-refractivity contribution >= 4 is 17.9 Å². The molecular weight excluding hydrogens is 274 g/mol. The second-order valence-corrected chi connectivity index (χ2v) is 5.04. The molecular formula is C16H16ClNO2. The van der Waals surface area contributed by atoms with Gasteiger partial charge < -0.3 is 9.53 Å². The average Bonchev–Trinajstić information content (AvgIpc) is 2.46. The lowest BCUT2D eigenvalue weighted by Crippen LogP contribution is -2.05. The molecule has 1 heterocycles. The number of aryl methyl sites for hydroxylation is 1. The first-order chi connectivity index (χ1) is 9.63. The fourth-order valence-corrected chi connectivity index (χ4v) is 2.35. The molecule has 1 aromatic heterocycles. The highest BCUT2D eigenvalue weighted by Gasteiger charge is 2.14. The Morgan fingerprint density at radius 1 is 1.35 bits per heavy atom. The molecule has 0 amide bonds. The van der Waals surface area contributed by atoms with Gasteiger partial charge in [0.15, 0.2) is 0 Å². The van der Waals surface area contributed by atoms with Crippen LogP contribution < -0.4 is 4.74 Å². The predicted octanol–water partition coefficient (Wildman–Crippen LogP) is 3.58. The smallest absolute Gasteiger partial charge is 0.127 e. The first-order valence-corrected chi connectivity index (χ1v) is 6.72. The van der Waals surface area contributed by atoms with Gasteiger partial charge in [0.1, 0.15) is 12.0 Å². The molecule has 2 aromatic rings. The summed E-state index contributed by atoms with van der Waals surface area (Å²) in [6.45, 7) is 1.91. The van der Waals surface area contributed by atoms with Gasteiger partial charge in [-0.1, -0.05) is 17.7 Å². The molecule has 104 valence electrons. The van der Waals surface area contributed by atoms with Crippen LogP contribution in [-0.4, -0.2) is 18.4 Å². The number of halogens is 1. The maximum absolute atomic E-state index is 11.4. The highest BCUT2D eigenvalue weighted by atomic mass is 35.5. The lowest BCUT2D eigenvalue weighted by molar-refractivity contribution is -0.109. The highest BCUT2D eigenvalue weighted by molar-refractivity contribution is 6.31. The number of nitrogens with zero attached hydrogens (tertiary/aromatic N) is 1. The van der Waals surface area contributed by atoms with Gasteiger partial charge in [0, 0.05) is 22.8 Å². The van der Waals surface area contributed by atoms with Crippen LogP contribution in [-0.2, 0) is 11.2 Å². The van der Waals surface area contributed by atoms with E-state index < -0.39 is 0 Å². The number of aromatic nitrogens is 1. The summed E-state index contributed by atoms with van der Waals surface area (Å²) in [6, 6.07) is 9.29. The molecule has 1 atom stereocenters. The van der Waals surface area contributed by atoms with Crippen molar-refractivity contribution in [2.75, 3.05) is 7.11 Å². The summed E-state index contributed by atoms with van der Waals surface area (Å²) < 4.78 is 5.12. The average molecular weight is 290 g/mol. The molecule has 0 fully saturated rings. The Morgan fingerprint density at radius 2 is 2.15 bits per heavy atom. The Morgan fingerprint density at radius 3 is 2.75 bits per heavy atom. The number of aldehydes is 1. The fourth-order valence-electron chi connectivity index (χ4n) is 2.10. The number of carbonyl (C=O) groups is 1. The van der Waals surface area contributed by atoms with Gasteiger partial charge in [-0.2, -0.15) is 0 Å². The van der Waals surface area contributed by atoms with E-state index in [1.54, 1.807) is 19.4 Å². The zero-order chi connectivity index (χ0) is 14.5. The topological polar surface area (TPSA) is 39.2 Å². The minimum Gasteiger partial charge on any atom is -0.497 e. The maximum atomic E-state index is 11.4. The van der Waals surface area contributed by atoms with Crippen LogP contribution >= 0.6 is 11.6 Å². The summed E-state index contributed by atoms with van der Waals surface area (Å²) >= 11 is 6.22. The van der Waals surface area contributed by atoms with Crippen molar-refractivity contribution in [1.82, 2.24) is 4.98 Å². The molecule has 0 aliphatic heterocycles. The quantitative estimate of drug-likeness (QED) is 0.790. The molecule has 3 nitrogen and oxygen atoms in total. The van der Waals surface area contributed by atoms with E-state index >= 15 is 0 Å². The van der Waals surface area contributed by atoms with Crippen molar-refractivity contribution in [3.63, 3.8) is 0 Å². The number of carbonyl (C=O) groups excluding carboxylic acids is 1. The Kier molecular flexibility index (Phi) is 4.74. The Labute approximate surface area is 123 Å². The molecule has 0 spiro atoms. The first-order valence-electron chi connectivity index (χ1n) is 6.34. The summed E-state index contributed by atoms with van der Waals surface area (Å²) in [7, 11) is 1.60. The largest absolute Gasteiger partial charge is 0.497 e. The third kappa shape index (κ3) is 3.36. The molecule has 1 unspecified atom stereocenters. The van der Waals surface area contributed by atoms with E-state index in [9.17, 15) is 4.79 Å². The van der Waals surface area contributed by atoms with Gasteiger partial charge in [-0.15, -0.1) is 0 Å². The number of pyridine rings is 1. The van der Waals surface area contributed by atoms with E-state index in [2.05, 4.69) is 4.98 Å². The Hall–Kier alpha value is -1.87. The Bertz CT molecular complexity index is 613. The lowest BCUT2D eigenvalue weighted by atomic mass is 9.93. The third-order valence-corrected chi connectivity index (χ3v) is 3.57. The zero-order valence-electron chi connectivity index (χ0n) is 11.5. The van der Waals surface area contributed by atoms with Crippen molar-refractivity contribution < 1.29 is 9.53 Å². The molecule has 0 aliphatic carbocycles.